The maximum atomic E-state index is 11.4. The summed E-state index contributed by atoms with van der Waals surface area (Å²) in [5, 5.41) is 8.79. The molecule has 106 valence electrons. The summed E-state index contributed by atoms with van der Waals surface area (Å²) in [6, 6.07) is -1.41. The Bertz CT molecular complexity index is 382. The number of carbonyl (C=O) groups excluding carboxylic acids is 1. The van der Waals surface area contributed by atoms with Gasteiger partial charge in [0.25, 0.3) is 10.2 Å². The third kappa shape index (κ3) is 7.95. The van der Waals surface area contributed by atoms with Crippen LogP contribution in [-0.4, -0.2) is 51.7 Å². The van der Waals surface area contributed by atoms with Crippen LogP contribution in [0.2, 0.25) is 0 Å². The number of carbonyl (C=O) groups is 2. The fourth-order valence-electron chi connectivity index (χ4n) is 1.03. The minimum Gasteiger partial charge on any atom is -0.480 e. The minimum absolute atomic E-state index is 0.00793. The number of hydrogen-bond donors (Lipinski definition) is 4. The predicted octanol–water partition coefficient (Wildman–Crippen LogP) is -2.22. The molecule has 9 nitrogen and oxygen atoms in total. The van der Waals surface area contributed by atoms with Gasteiger partial charge in [0.05, 0.1) is 6.61 Å². The van der Waals surface area contributed by atoms with Crippen LogP contribution >= 0.6 is 0 Å². The van der Waals surface area contributed by atoms with E-state index in [-0.39, 0.29) is 26.0 Å². The lowest BCUT2D eigenvalue weighted by atomic mass is 10.2. The van der Waals surface area contributed by atoms with Gasteiger partial charge in [-0.3, -0.25) is 9.59 Å². The fourth-order valence-corrected chi connectivity index (χ4v) is 2.06. The number of primary amides is 1. The molecule has 0 spiro atoms. The molecular weight excluding hydrogens is 266 g/mol. The number of carboxylic acids is 1. The summed E-state index contributed by atoms with van der Waals surface area (Å²) in [7, 11) is -2.56. The van der Waals surface area contributed by atoms with E-state index in [0.717, 1.165) is 0 Å². The van der Waals surface area contributed by atoms with E-state index in [0.29, 0.717) is 0 Å². The van der Waals surface area contributed by atoms with Crippen molar-refractivity contribution in [2.45, 2.75) is 18.9 Å². The van der Waals surface area contributed by atoms with Crippen molar-refractivity contribution in [3.8, 4) is 0 Å². The number of hydrogen-bond acceptors (Lipinski definition) is 5. The zero-order valence-electron chi connectivity index (χ0n) is 9.88. The molecule has 18 heavy (non-hydrogen) atoms. The minimum atomic E-state index is -3.96. The van der Waals surface area contributed by atoms with Gasteiger partial charge in [0.15, 0.2) is 0 Å². The van der Waals surface area contributed by atoms with Crippen molar-refractivity contribution < 1.29 is 27.9 Å². The molecule has 0 heterocycles. The quantitative estimate of drug-likeness (QED) is 0.334. The number of amides is 1. The fraction of sp³-hybridized carbons (Fsp3) is 0.750. The lowest BCUT2D eigenvalue weighted by Crippen LogP contribution is -2.47. The zero-order valence-corrected chi connectivity index (χ0v) is 10.7. The summed E-state index contributed by atoms with van der Waals surface area (Å²) in [5.41, 5.74) is 4.86. The standard InChI is InChI=1S/C8H17N3O6S/c1-17-5-4-10-18(15,16)11-6(8(13)14)2-3-7(9)12/h6,10-11H,2-5H2,1H3,(H2,9,12)(H,13,14)/t6-/m0/s1. The number of aliphatic carboxylic acids is 1. The molecule has 0 aliphatic carbocycles. The average Bonchev–Trinajstić information content (AvgIpc) is 2.23. The van der Waals surface area contributed by atoms with Gasteiger partial charge in [0.2, 0.25) is 5.91 Å². The van der Waals surface area contributed by atoms with Crippen molar-refractivity contribution in [2.75, 3.05) is 20.3 Å². The Labute approximate surface area is 105 Å². The van der Waals surface area contributed by atoms with Gasteiger partial charge in [-0.25, -0.2) is 0 Å². The molecule has 0 aromatic rings. The van der Waals surface area contributed by atoms with E-state index in [1.165, 1.54) is 7.11 Å². The second kappa shape index (κ2) is 7.97. The molecule has 0 unspecified atom stereocenters. The van der Waals surface area contributed by atoms with Crippen molar-refractivity contribution in [1.29, 1.82) is 0 Å². The normalized spacial score (nSPS) is 13.2. The average molecular weight is 283 g/mol. The Balaban J connectivity index is 4.38. The van der Waals surface area contributed by atoms with Crippen LogP contribution in [0, 0.1) is 0 Å². The maximum absolute atomic E-state index is 11.4. The first-order valence-corrected chi connectivity index (χ1v) is 6.53. The van der Waals surface area contributed by atoms with Crippen molar-refractivity contribution in [3.05, 3.63) is 0 Å². The molecule has 0 aromatic carbocycles. The van der Waals surface area contributed by atoms with E-state index in [1.807, 2.05) is 4.72 Å². The van der Waals surface area contributed by atoms with Crippen LogP contribution < -0.4 is 15.2 Å². The van der Waals surface area contributed by atoms with Crippen molar-refractivity contribution in [3.63, 3.8) is 0 Å². The molecule has 0 rings (SSSR count). The molecule has 0 saturated carbocycles. The molecule has 0 aromatic heterocycles. The van der Waals surface area contributed by atoms with Gasteiger partial charge >= 0.3 is 5.97 Å². The van der Waals surface area contributed by atoms with E-state index in [4.69, 9.17) is 10.8 Å². The molecule has 10 heteroatoms. The highest BCUT2D eigenvalue weighted by Gasteiger charge is 2.23. The summed E-state index contributed by atoms with van der Waals surface area (Å²) in [6.45, 7) is 0.161. The van der Waals surface area contributed by atoms with Gasteiger partial charge < -0.3 is 15.6 Å². The number of carboxylic acid groups (broad SMARTS) is 1. The highest BCUT2D eigenvalue weighted by atomic mass is 32.2. The van der Waals surface area contributed by atoms with Crippen LogP contribution in [0.4, 0.5) is 0 Å². The summed E-state index contributed by atoms with van der Waals surface area (Å²) in [4.78, 5) is 21.3. The first-order valence-electron chi connectivity index (χ1n) is 5.05. The van der Waals surface area contributed by atoms with E-state index < -0.39 is 28.1 Å². The summed E-state index contributed by atoms with van der Waals surface area (Å²) in [5.74, 6) is -2.08. The predicted molar refractivity (Wildman–Crippen MR) is 61.8 cm³/mol. The van der Waals surface area contributed by atoms with Crippen molar-refractivity contribution in [2.24, 2.45) is 5.73 Å². The Morgan fingerprint density at radius 2 is 2.06 bits per heavy atom. The van der Waals surface area contributed by atoms with E-state index in [9.17, 15) is 18.0 Å². The van der Waals surface area contributed by atoms with Crippen LogP contribution in [0.5, 0.6) is 0 Å². The molecule has 0 aliphatic heterocycles. The first kappa shape index (κ1) is 16.8. The van der Waals surface area contributed by atoms with Crippen LogP contribution in [0.15, 0.2) is 0 Å². The Morgan fingerprint density at radius 3 is 2.50 bits per heavy atom. The number of ether oxygens (including phenoxy) is 1. The number of nitrogens with one attached hydrogen (secondary N) is 2. The lowest BCUT2D eigenvalue weighted by molar-refractivity contribution is -0.139. The van der Waals surface area contributed by atoms with Gasteiger partial charge in [-0.15, -0.1) is 0 Å². The largest absolute Gasteiger partial charge is 0.480 e. The molecule has 5 N–H and O–H groups in total. The molecule has 1 amide bonds. The SMILES string of the molecule is COCCNS(=O)(=O)N[C@@H](CCC(N)=O)C(=O)O. The number of methoxy groups -OCH3 is 1. The summed E-state index contributed by atoms with van der Waals surface area (Å²) >= 11 is 0. The van der Waals surface area contributed by atoms with Crippen LogP contribution in [0.1, 0.15) is 12.8 Å². The lowest BCUT2D eigenvalue weighted by Gasteiger charge is -2.14. The molecule has 0 saturated heterocycles. The molecular formula is C8H17N3O6S. The summed E-state index contributed by atoms with van der Waals surface area (Å²) in [6.07, 6.45) is -0.437. The maximum Gasteiger partial charge on any atom is 0.321 e. The van der Waals surface area contributed by atoms with Gasteiger partial charge in [-0.2, -0.15) is 17.9 Å². The Hall–Kier alpha value is -1.23. The smallest absolute Gasteiger partial charge is 0.321 e. The highest BCUT2D eigenvalue weighted by Crippen LogP contribution is 1.99. The summed E-state index contributed by atoms with van der Waals surface area (Å²) < 4.78 is 31.4. The first-order chi connectivity index (χ1) is 8.28. The van der Waals surface area contributed by atoms with Gasteiger partial charge in [0.1, 0.15) is 6.04 Å². The monoisotopic (exact) mass is 283 g/mol. The molecule has 0 fully saturated rings. The molecule has 1 atom stereocenters. The third-order valence-electron chi connectivity index (χ3n) is 1.87. The Morgan fingerprint density at radius 1 is 1.44 bits per heavy atom. The topological polar surface area (TPSA) is 148 Å². The van der Waals surface area contributed by atoms with E-state index in [1.54, 1.807) is 0 Å². The van der Waals surface area contributed by atoms with Crippen molar-refractivity contribution >= 4 is 22.1 Å². The van der Waals surface area contributed by atoms with Crippen molar-refractivity contribution in [1.82, 2.24) is 9.44 Å². The molecule has 0 bridgehead atoms. The highest BCUT2D eigenvalue weighted by molar-refractivity contribution is 7.87. The van der Waals surface area contributed by atoms with E-state index >= 15 is 0 Å². The van der Waals surface area contributed by atoms with Crippen LogP contribution in [0.3, 0.4) is 0 Å². The number of rotatable bonds is 10. The van der Waals surface area contributed by atoms with Gasteiger partial charge in [-0.05, 0) is 6.42 Å². The third-order valence-corrected chi connectivity index (χ3v) is 3.05. The van der Waals surface area contributed by atoms with Crippen LogP contribution in [-0.2, 0) is 24.5 Å². The van der Waals surface area contributed by atoms with Crippen LogP contribution in [0.25, 0.3) is 0 Å². The zero-order chi connectivity index (χ0) is 14.2. The second-order valence-electron chi connectivity index (χ2n) is 3.40. The van der Waals surface area contributed by atoms with E-state index in [2.05, 4.69) is 9.46 Å². The second-order valence-corrected chi connectivity index (χ2v) is 4.94. The van der Waals surface area contributed by atoms with Gasteiger partial charge in [0, 0.05) is 20.1 Å². The molecule has 0 aliphatic rings. The number of nitrogens with two attached hydrogens (primary N) is 1. The molecule has 0 radical (unpaired) electrons. The Kier molecular flexibility index (Phi) is 7.43. The van der Waals surface area contributed by atoms with Gasteiger partial charge in [-0.1, -0.05) is 0 Å².